The summed E-state index contributed by atoms with van der Waals surface area (Å²) >= 11 is 0. The van der Waals surface area contributed by atoms with Crippen LogP contribution in [0.25, 0.3) is 0 Å². The fraction of sp³-hybridized carbons (Fsp3) is 0.812. The van der Waals surface area contributed by atoms with E-state index >= 15 is 0 Å². The number of furan rings is 1. The summed E-state index contributed by atoms with van der Waals surface area (Å²) in [6.07, 6.45) is 10.2. The van der Waals surface area contributed by atoms with Crippen molar-refractivity contribution in [2.45, 2.75) is 96.3 Å². The number of piperidine rings is 2. The monoisotopic (exact) mass is 523 g/mol. The Morgan fingerprint density at radius 2 is 1.87 bits per heavy atom. The van der Waals surface area contributed by atoms with Crippen LogP contribution in [-0.2, 0) is 9.53 Å². The third-order valence-electron chi connectivity index (χ3n) is 12.8. The van der Waals surface area contributed by atoms with Gasteiger partial charge in [0.05, 0.1) is 11.9 Å². The minimum Gasteiger partial charge on any atom is -0.457 e. The van der Waals surface area contributed by atoms with E-state index in [4.69, 9.17) is 9.15 Å². The van der Waals surface area contributed by atoms with Gasteiger partial charge in [0.1, 0.15) is 11.9 Å². The Labute approximate surface area is 226 Å². The molecule has 6 fully saturated rings. The van der Waals surface area contributed by atoms with E-state index in [-0.39, 0.29) is 23.2 Å². The Morgan fingerprint density at radius 3 is 2.66 bits per heavy atom. The maximum absolute atomic E-state index is 13.7. The smallest absolute Gasteiger partial charge is 0.374 e. The van der Waals surface area contributed by atoms with Crippen molar-refractivity contribution in [2.75, 3.05) is 13.1 Å². The lowest BCUT2D eigenvalue weighted by Crippen LogP contribution is -2.67. The van der Waals surface area contributed by atoms with Crippen molar-refractivity contribution in [1.29, 1.82) is 0 Å². The lowest BCUT2D eigenvalue weighted by Gasteiger charge is -2.59. The molecule has 3 heterocycles. The van der Waals surface area contributed by atoms with E-state index in [1.165, 1.54) is 25.5 Å². The molecule has 38 heavy (non-hydrogen) atoms. The highest BCUT2D eigenvalue weighted by Crippen LogP contribution is 2.66. The van der Waals surface area contributed by atoms with Crippen molar-refractivity contribution < 1.29 is 23.8 Å². The van der Waals surface area contributed by atoms with Crippen LogP contribution in [0.2, 0.25) is 0 Å². The first-order valence-corrected chi connectivity index (χ1v) is 15.4. The maximum atomic E-state index is 13.7. The van der Waals surface area contributed by atoms with E-state index in [1.54, 1.807) is 12.1 Å². The van der Waals surface area contributed by atoms with Crippen LogP contribution in [0.3, 0.4) is 0 Å². The average Bonchev–Trinajstić information content (AvgIpc) is 3.54. The average molecular weight is 524 g/mol. The molecule has 2 aliphatic heterocycles. The van der Waals surface area contributed by atoms with Gasteiger partial charge in [-0.2, -0.15) is 0 Å². The fourth-order valence-electron chi connectivity index (χ4n) is 11.1. The van der Waals surface area contributed by atoms with Crippen LogP contribution in [0.1, 0.15) is 89.1 Å². The summed E-state index contributed by atoms with van der Waals surface area (Å²) in [5, 5.41) is 11.9. The van der Waals surface area contributed by atoms with Gasteiger partial charge in [0.25, 0.3) is 0 Å². The number of esters is 1. The summed E-state index contributed by atoms with van der Waals surface area (Å²) in [6.45, 7) is 9.14. The molecule has 0 amide bonds. The standard InChI is InChI=1S/C32H45NO5/c1-18-6-9-29-32(3,36)24-8-7-20-21(23(24)17-33(29)16-18)14-25-22(20)15-27(34)26-13-19(10-11-31(25,26)2)38-30(35)28-5-4-12-37-28/h4-5,12,18-26,29,36H,6-11,13-17H2,1-3H3/t18-,19+,20-,21-,22+,23+,24+,25+,26-,29+,31-,32+/m1/s1. The molecule has 6 aliphatic rings. The van der Waals surface area contributed by atoms with Gasteiger partial charge in [-0.3, -0.25) is 9.69 Å². The summed E-state index contributed by atoms with van der Waals surface area (Å²) < 4.78 is 11.0. The molecule has 1 aromatic heterocycles. The number of ether oxygens (including phenoxy) is 1. The van der Waals surface area contributed by atoms with Gasteiger partial charge in [-0.05, 0) is 117 Å². The topological polar surface area (TPSA) is 80.0 Å². The van der Waals surface area contributed by atoms with Crippen molar-refractivity contribution in [3.05, 3.63) is 24.2 Å². The molecule has 1 N–H and O–H groups in total. The lowest BCUT2D eigenvalue weighted by molar-refractivity contribution is -0.175. The van der Waals surface area contributed by atoms with Gasteiger partial charge in [-0.1, -0.05) is 13.8 Å². The molecule has 6 nitrogen and oxygen atoms in total. The SMILES string of the molecule is C[C@@H]1CC[C@@H]2N(C1)C[C@H]1[C@@H]3C[C@H]4[C@@H](CC(=O)[C@H]5C[C@@H](OC(=O)c6ccco6)CC[C@@]54C)[C@@H]3CC[C@@H]1[C@]2(C)O. The van der Waals surface area contributed by atoms with Gasteiger partial charge in [0, 0.05) is 31.5 Å². The van der Waals surface area contributed by atoms with Crippen LogP contribution in [-0.4, -0.2) is 52.6 Å². The number of nitrogens with zero attached hydrogens (tertiary/aromatic N) is 1. The second kappa shape index (κ2) is 8.92. The van der Waals surface area contributed by atoms with E-state index in [9.17, 15) is 14.7 Å². The summed E-state index contributed by atoms with van der Waals surface area (Å²) in [6, 6.07) is 3.64. The summed E-state index contributed by atoms with van der Waals surface area (Å²) in [7, 11) is 0. The second-order valence-electron chi connectivity index (χ2n) is 14.6. The van der Waals surface area contributed by atoms with Crippen molar-refractivity contribution in [3.63, 3.8) is 0 Å². The lowest BCUT2D eigenvalue weighted by atomic mass is 9.51. The quantitative estimate of drug-likeness (QED) is 0.527. The Balaban J connectivity index is 1.11. The fourth-order valence-corrected chi connectivity index (χ4v) is 11.1. The molecular formula is C32H45NO5. The van der Waals surface area contributed by atoms with Gasteiger partial charge in [-0.15, -0.1) is 0 Å². The van der Waals surface area contributed by atoms with Gasteiger partial charge >= 0.3 is 5.97 Å². The Hall–Kier alpha value is -1.66. The predicted octanol–water partition coefficient (Wildman–Crippen LogP) is 5.34. The van der Waals surface area contributed by atoms with Crippen molar-refractivity contribution >= 4 is 11.8 Å². The van der Waals surface area contributed by atoms with E-state index < -0.39 is 11.6 Å². The minimum absolute atomic E-state index is 0.0141. The number of carbonyl (C=O) groups excluding carboxylic acids is 2. The molecule has 0 spiro atoms. The number of fused-ring (bicyclic) bond motifs is 8. The molecule has 0 unspecified atom stereocenters. The maximum Gasteiger partial charge on any atom is 0.374 e. The number of carbonyl (C=O) groups is 2. The van der Waals surface area contributed by atoms with Crippen LogP contribution in [0.15, 0.2) is 22.8 Å². The highest BCUT2D eigenvalue weighted by molar-refractivity contribution is 5.86. The van der Waals surface area contributed by atoms with Crippen LogP contribution < -0.4 is 0 Å². The van der Waals surface area contributed by atoms with Crippen LogP contribution >= 0.6 is 0 Å². The summed E-state index contributed by atoms with van der Waals surface area (Å²) in [5.74, 6) is 4.10. The molecule has 2 saturated heterocycles. The minimum atomic E-state index is -0.611. The highest BCUT2D eigenvalue weighted by Gasteiger charge is 2.64. The first-order chi connectivity index (χ1) is 18.2. The van der Waals surface area contributed by atoms with Gasteiger partial charge < -0.3 is 14.3 Å². The molecule has 4 aliphatic carbocycles. The van der Waals surface area contributed by atoms with E-state index in [2.05, 4.69) is 25.7 Å². The zero-order valence-electron chi connectivity index (χ0n) is 23.3. The molecule has 208 valence electrons. The van der Waals surface area contributed by atoms with E-state index in [1.807, 2.05) is 0 Å². The highest BCUT2D eigenvalue weighted by atomic mass is 16.6. The number of hydrogen-bond acceptors (Lipinski definition) is 6. The van der Waals surface area contributed by atoms with Crippen LogP contribution in [0, 0.1) is 52.8 Å². The second-order valence-corrected chi connectivity index (χ2v) is 14.6. The Kier molecular flexibility index (Phi) is 5.94. The van der Waals surface area contributed by atoms with Crippen LogP contribution in [0.5, 0.6) is 0 Å². The first-order valence-electron chi connectivity index (χ1n) is 15.4. The zero-order chi connectivity index (χ0) is 26.4. The number of rotatable bonds is 2. The van der Waals surface area contributed by atoms with Crippen molar-refractivity contribution in [2.24, 2.45) is 52.8 Å². The molecule has 12 atom stereocenters. The molecular weight excluding hydrogens is 478 g/mol. The normalized spacial score (nSPS) is 50.3. The largest absolute Gasteiger partial charge is 0.457 e. The number of ketones is 1. The Bertz CT molecular complexity index is 1080. The first kappa shape index (κ1) is 25.3. The number of Topliss-reactive ketones (excluding diaryl/α,β-unsaturated/α-hetero) is 1. The molecule has 0 aromatic carbocycles. The van der Waals surface area contributed by atoms with E-state index in [0.717, 1.165) is 38.8 Å². The summed E-state index contributed by atoms with van der Waals surface area (Å²) in [4.78, 5) is 28.9. The van der Waals surface area contributed by atoms with Gasteiger partial charge in [0.15, 0.2) is 0 Å². The van der Waals surface area contributed by atoms with Gasteiger partial charge in [0.2, 0.25) is 5.76 Å². The zero-order valence-corrected chi connectivity index (χ0v) is 23.3. The number of aliphatic hydroxyl groups is 1. The Morgan fingerprint density at radius 1 is 1.03 bits per heavy atom. The molecule has 0 radical (unpaired) electrons. The summed E-state index contributed by atoms with van der Waals surface area (Å²) in [5.41, 5.74) is -0.625. The molecule has 0 bridgehead atoms. The molecule has 7 rings (SSSR count). The molecule has 1 aromatic rings. The molecule has 4 saturated carbocycles. The number of hydrogen-bond donors (Lipinski definition) is 1. The third-order valence-corrected chi connectivity index (χ3v) is 12.8. The van der Waals surface area contributed by atoms with Crippen molar-refractivity contribution in [3.8, 4) is 0 Å². The predicted molar refractivity (Wildman–Crippen MR) is 142 cm³/mol. The third kappa shape index (κ3) is 3.72. The van der Waals surface area contributed by atoms with Gasteiger partial charge in [-0.25, -0.2) is 4.79 Å². The van der Waals surface area contributed by atoms with E-state index in [0.29, 0.717) is 66.1 Å². The molecule has 6 heteroatoms. The van der Waals surface area contributed by atoms with Crippen LogP contribution in [0.4, 0.5) is 0 Å². The van der Waals surface area contributed by atoms with Crippen molar-refractivity contribution in [1.82, 2.24) is 4.90 Å².